The normalized spacial score (nSPS) is 11.7. The van der Waals surface area contributed by atoms with Gasteiger partial charge in [0.05, 0.1) is 20.1 Å². The number of phenols is 4. The number of phenolic OH excluding ortho intramolecular Hbond substituents is 4. The van der Waals surface area contributed by atoms with Crippen LogP contribution in [0.2, 0.25) is 20.1 Å². The SMILES string of the molecule is CC(CCCCC(c1ccc(O)c(Cl)c1)c1ccc(O)c(Cl)c1)(c1ccc(O)c(Cl)c1)c1ccc(O)c(Cl)c1. The summed E-state index contributed by atoms with van der Waals surface area (Å²) in [6, 6.07) is 20.7. The lowest BCUT2D eigenvalue weighted by atomic mass is 9.72. The molecule has 4 rings (SSSR count). The number of unbranched alkanes of at least 4 members (excludes halogenated alkanes) is 1. The Balaban J connectivity index is 1.61. The summed E-state index contributed by atoms with van der Waals surface area (Å²) in [7, 11) is 0. The molecule has 0 spiro atoms. The zero-order valence-corrected chi connectivity index (χ0v) is 24.2. The van der Waals surface area contributed by atoms with Gasteiger partial charge >= 0.3 is 0 Å². The first-order valence-electron chi connectivity index (χ1n) is 12.4. The van der Waals surface area contributed by atoms with E-state index in [4.69, 9.17) is 46.4 Å². The molecule has 204 valence electrons. The van der Waals surface area contributed by atoms with Crippen LogP contribution in [-0.4, -0.2) is 20.4 Å². The van der Waals surface area contributed by atoms with Crippen molar-refractivity contribution in [3.63, 3.8) is 0 Å². The van der Waals surface area contributed by atoms with Crippen LogP contribution >= 0.6 is 46.4 Å². The van der Waals surface area contributed by atoms with Crippen LogP contribution in [0.3, 0.4) is 0 Å². The zero-order valence-electron chi connectivity index (χ0n) is 21.1. The van der Waals surface area contributed by atoms with E-state index in [1.165, 1.54) is 0 Å². The van der Waals surface area contributed by atoms with Crippen molar-refractivity contribution >= 4 is 46.4 Å². The minimum Gasteiger partial charge on any atom is -0.506 e. The van der Waals surface area contributed by atoms with E-state index in [9.17, 15) is 20.4 Å². The molecule has 0 atom stereocenters. The molecule has 4 aromatic carbocycles. The molecular weight excluding hydrogens is 578 g/mol. The number of benzene rings is 4. The zero-order chi connectivity index (χ0) is 28.3. The van der Waals surface area contributed by atoms with Crippen LogP contribution in [0.5, 0.6) is 23.0 Å². The third-order valence-corrected chi connectivity index (χ3v) is 8.55. The van der Waals surface area contributed by atoms with Crippen LogP contribution < -0.4 is 0 Å². The number of halogens is 4. The summed E-state index contributed by atoms with van der Waals surface area (Å²) >= 11 is 25.0. The molecule has 0 fully saturated rings. The van der Waals surface area contributed by atoms with Crippen molar-refractivity contribution in [3.8, 4) is 23.0 Å². The number of hydrogen-bond acceptors (Lipinski definition) is 4. The molecule has 0 bridgehead atoms. The Labute approximate surface area is 248 Å². The van der Waals surface area contributed by atoms with Gasteiger partial charge in [0.15, 0.2) is 0 Å². The second kappa shape index (κ2) is 12.2. The van der Waals surface area contributed by atoms with Gasteiger partial charge in [-0.05, 0) is 83.6 Å². The molecule has 0 aliphatic heterocycles. The summed E-state index contributed by atoms with van der Waals surface area (Å²) in [5.74, 6) is -0.0276. The number of rotatable bonds is 9. The highest BCUT2D eigenvalue weighted by molar-refractivity contribution is 6.33. The standard InChI is InChI=1S/C31H28Cl4O4/c1-31(20-7-11-29(38)25(34)16-20,21-8-12-30(39)26(35)17-21)13-3-2-4-22(18-5-9-27(36)23(32)14-18)19-6-10-28(37)24(33)15-19/h5-12,14-17,22,36-39H,2-4,13H2,1H3. The van der Waals surface area contributed by atoms with E-state index in [1.54, 1.807) is 48.5 Å². The Morgan fingerprint density at radius 1 is 0.564 bits per heavy atom. The summed E-state index contributed by atoms with van der Waals surface area (Å²) in [6.07, 6.45) is 3.13. The molecule has 0 unspecified atom stereocenters. The number of hydrogen-bond donors (Lipinski definition) is 4. The molecule has 39 heavy (non-hydrogen) atoms. The van der Waals surface area contributed by atoms with Gasteiger partial charge in [-0.15, -0.1) is 0 Å². The van der Waals surface area contributed by atoms with Gasteiger partial charge in [-0.1, -0.05) is 90.4 Å². The smallest absolute Gasteiger partial charge is 0.134 e. The van der Waals surface area contributed by atoms with Gasteiger partial charge in [-0.25, -0.2) is 0 Å². The van der Waals surface area contributed by atoms with Crippen molar-refractivity contribution in [1.29, 1.82) is 0 Å². The molecule has 0 aliphatic rings. The highest BCUT2D eigenvalue weighted by atomic mass is 35.5. The van der Waals surface area contributed by atoms with Crippen molar-refractivity contribution in [3.05, 3.63) is 115 Å². The van der Waals surface area contributed by atoms with Crippen molar-refractivity contribution in [2.75, 3.05) is 0 Å². The molecule has 8 heteroatoms. The van der Waals surface area contributed by atoms with Crippen molar-refractivity contribution in [2.45, 2.75) is 43.9 Å². The first-order valence-corrected chi connectivity index (χ1v) is 14.0. The maximum absolute atomic E-state index is 9.99. The summed E-state index contributed by atoms with van der Waals surface area (Å²) in [6.45, 7) is 2.09. The van der Waals surface area contributed by atoms with Gasteiger partial charge in [-0.2, -0.15) is 0 Å². The van der Waals surface area contributed by atoms with Gasteiger partial charge in [0.2, 0.25) is 0 Å². The Morgan fingerprint density at radius 2 is 0.949 bits per heavy atom. The maximum Gasteiger partial charge on any atom is 0.134 e. The third-order valence-electron chi connectivity index (χ3n) is 7.34. The van der Waals surface area contributed by atoms with Crippen LogP contribution in [0.25, 0.3) is 0 Å². The molecular formula is C31H28Cl4O4. The highest BCUT2D eigenvalue weighted by Crippen LogP contribution is 2.43. The quantitative estimate of drug-likeness (QED) is 0.143. The van der Waals surface area contributed by atoms with E-state index in [2.05, 4.69) is 6.92 Å². The molecule has 0 radical (unpaired) electrons. The van der Waals surface area contributed by atoms with E-state index in [-0.39, 0.29) is 49.0 Å². The van der Waals surface area contributed by atoms with Crippen LogP contribution in [0, 0.1) is 0 Å². The van der Waals surface area contributed by atoms with Gasteiger partial charge in [0.25, 0.3) is 0 Å². The number of aromatic hydroxyl groups is 4. The van der Waals surface area contributed by atoms with Crippen LogP contribution in [-0.2, 0) is 5.41 Å². The summed E-state index contributed by atoms with van der Waals surface area (Å²) in [4.78, 5) is 0. The molecule has 4 aromatic rings. The van der Waals surface area contributed by atoms with Crippen molar-refractivity contribution < 1.29 is 20.4 Å². The van der Waals surface area contributed by atoms with Crippen LogP contribution in [0.15, 0.2) is 72.8 Å². The minimum atomic E-state index is -0.506. The lowest BCUT2D eigenvalue weighted by molar-refractivity contribution is 0.459. The molecule has 0 saturated heterocycles. The van der Waals surface area contributed by atoms with Gasteiger partial charge in [-0.3, -0.25) is 0 Å². The third kappa shape index (κ3) is 6.53. The molecule has 4 N–H and O–H groups in total. The molecule has 0 amide bonds. The molecule has 0 aromatic heterocycles. The van der Waals surface area contributed by atoms with E-state index in [0.717, 1.165) is 47.9 Å². The Kier molecular flexibility index (Phi) is 9.13. The molecule has 0 heterocycles. The molecule has 0 saturated carbocycles. The van der Waals surface area contributed by atoms with Crippen LogP contribution in [0.4, 0.5) is 0 Å². The second-order valence-corrected chi connectivity index (χ2v) is 11.5. The fraction of sp³-hybridized carbons (Fsp3) is 0.226. The Bertz CT molecular complexity index is 1380. The summed E-state index contributed by atoms with van der Waals surface area (Å²) in [5.41, 5.74) is 3.18. The second-order valence-electron chi connectivity index (χ2n) is 9.88. The summed E-state index contributed by atoms with van der Waals surface area (Å²) in [5, 5.41) is 40.9. The van der Waals surface area contributed by atoms with Crippen LogP contribution in [0.1, 0.15) is 60.8 Å². The van der Waals surface area contributed by atoms with Crippen molar-refractivity contribution in [2.24, 2.45) is 0 Å². The molecule has 4 nitrogen and oxygen atoms in total. The van der Waals surface area contributed by atoms with E-state index >= 15 is 0 Å². The topological polar surface area (TPSA) is 80.9 Å². The van der Waals surface area contributed by atoms with Crippen molar-refractivity contribution in [1.82, 2.24) is 0 Å². The summed E-state index contributed by atoms with van der Waals surface area (Å²) < 4.78 is 0. The monoisotopic (exact) mass is 604 g/mol. The Morgan fingerprint density at radius 3 is 1.33 bits per heavy atom. The first-order chi connectivity index (χ1) is 18.5. The Hall–Kier alpha value is -2.76. The fourth-order valence-electron chi connectivity index (χ4n) is 4.99. The average Bonchev–Trinajstić information content (AvgIpc) is 2.90. The average molecular weight is 606 g/mol. The lowest BCUT2D eigenvalue weighted by Gasteiger charge is -2.32. The van der Waals surface area contributed by atoms with Gasteiger partial charge < -0.3 is 20.4 Å². The fourth-order valence-corrected chi connectivity index (χ4v) is 5.73. The predicted molar refractivity (Wildman–Crippen MR) is 159 cm³/mol. The van der Waals surface area contributed by atoms with Gasteiger partial charge in [0.1, 0.15) is 23.0 Å². The lowest BCUT2D eigenvalue weighted by Crippen LogP contribution is -2.24. The van der Waals surface area contributed by atoms with Gasteiger partial charge in [0, 0.05) is 11.3 Å². The van der Waals surface area contributed by atoms with E-state index in [1.807, 2.05) is 24.3 Å². The highest BCUT2D eigenvalue weighted by Gasteiger charge is 2.30. The largest absolute Gasteiger partial charge is 0.506 e. The minimum absolute atomic E-state index is 0.00876. The van der Waals surface area contributed by atoms with E-state index in [0.29, 0.717) is 0 Å². The molecule has 0 aliphatic carbocycles. The maximum atomic E-state index is 9.99. The predicted octanol–water partition coefficient (Wildman–Crippen LogP) is 9.82. The van der Waals surface area contributed by atoms with E-state index < -0.39 is 5.41 Å². The first kappa shape index (κ1) is 29.2.